The SMILES string of the molecule is CCC1(C)NC(=O)C(C(C)(C)C)N(CCC(C)C)C1=O. The molecule has 0 aromatic heterocycles. The Labute approximate surface area is 123 Å². The van der Waals surface area contributed by atoms with Crippen molar-refractivity contribution in [1.82, 2.24) is 10.2 Å². The highest BCUT2D eigenvalue weighted by Gasteiger charge is 2.50. The highest BCUT2D eigenvalue weighted by atomic mass is 16.2. The predicted molar refractivity (Wildman–Crippen MR) is 81.2 cm³/mol. The van der Waals surface area contributed by atoms with E-state index in [1.165, 1.54) is 0 Å². The lowest BCUT2D eigenvalue weighted by atomic mass is 9.80. The molecule has 1 aliphatic rings. The summed E-state index contributed by atoms with van der Waals surface area (Å²) in [5.41, 5.74) is -1.01. The molecular formula is C16H30N2O2. The second kappa shape index (κ2) is 5.74. The second-order valence-corrected chi connectivity index (χ2v) is 7.62. The molecule has 1 rings (SSSR count). The maximum absolute atomic E-state index is 12.8. The number of carbonyl (C=O) groups is 2. The maximum Gasteiger partial charge on any atom is 0.248 e. The first kappa shape index (κ1) is 17.0. The van der Waals surface area contributed by atoms with Crippen LogP contribution in [0.3, 0.4) is 0 Å². The number of hydrogen-bond acceptors (Lipinski definition) is 2. The van der Waals surface area contributed by atoms with Crippen LogP contribution in [0.5, 0.6) is 0 Å². The molecule has 0 aromatic rings. The third-order valence-corrected chi connectivity index (χ3v) is 4.17. The third kappa shape index (κ3) is 3.33. The van der Waals surface area contributed by atoms with Crippen LogP contribution < -0.4 is 5.32 Å². The van der Waals surface area contributed by atoms with Gasteiger partial charge in [0.25, 0.3) is 0 Å². The molecule has 4 heteroatoms. The molecule has 4 nitrogen and oxygen atoms in total. The van der Waals surface area contributed by atoms with Gasteiger partial charge in [0.2, 0.25) is 11.8 Å². The van der Waals surface area contributed by atoms with Gasteiger partial charge in [-0.05, 0) is 31.1 Å². The van der Waals surface area contributed by atoms with Crippen molar-refractivity contribution in [2.45, 2.75) is 72.9 Å². The van der Waals surface area contributed by atoms with E-state index in [1.807, 2.05) is 39.5 Å². The zero-order valence-corrected chi connectivity index (χ0v) is 14.0. The number of nitrogens with zero attached hydrogens (tertiary/aromatic N) is 1. The summed E-state index contributed by atoms with van der Waals surface area (Å²) in [5.74, 6) is 0.548. The number of hydrogen-bond donors (Lipinski definition) is 1. The van der Waals surface area contributed by atoms with Crippen molar-refractivity contribution in [3.05, 3.63) is 0 Å². The molecule has 2 unspecified atom stereocenters. The summed E-state index contributed by atoms with van der Waals surface area (Å²) in [6, 6.07) is -0.381. The van der Waals surface area contributed by atoms with Crippen molar-refractivity contribution in [2.24, 2.45) is 11.3 Å². The van der Waals surface area contributed by atoms with E-state index in [1.54, 1.807) is 0 Å². The molecule has 0 spiro atoms. The molecule has 0 aliphatic carbocycles. The lowest BCUT2D eigenvalue weighted by molar-refractivity contribution is -0.159. The fourth-order valence-corrected chi connectivity index (χ4v) is 2.70. The zero-order valence-electron chi connectivity index (χ0n) is 14.0. The van der Waals surface area contributed by atoms with Crippen LogP contribution in [-0.2, 0) is 9.59 Å². The minimum atomic E-state index is -0.754. The topological polar surface area (TPSA) is 49.4 Å². The van der Waals surface area contributed by atoms with Crippen molar-refractivity contribution in [3.8, 4) is 0 Å². The zero-order chi connectivity index (χ0) is 15.7. The second-order valence-electron chi connectivity index (χ2n) is 7.62. The van der Waals surface area contributed by atoms with Gasteiger partial charge < -0.3 is 10.2 Å². The van der Waals surface area contributed by atoms with E-state index in [-0.39, 0.29) is 23.3 Å². The number of amides is 2. The Hall–Kier alpha value is -1.06. The molecule has 20 heavy (non-hydrogen) atoms. The summed E-state index contributed by atoms with van der Waals surface area (Å²) in [4.78, 5) is 27.1. The molecule has 1 heterocycles. The van der Waals surface area contributed by atoms with Gasteiger partial charge >= 0.3 is 0 Å². The summed E-state index contributed by atoms with van der Waals surface area (Å²) >= 11 is 0. The average Bonchev–Trinajstić information content (AvgIpc) is 2.29. The van der Waals surface area contributed by atoms with Gasteiger partial charge in [-0.3, -0.25) is 9.59 Å². The average molecular weight is 282 g/mol. The van der Waals surface area contributed by atoms with Gasteiger partial charge in [0.15, 0.2) is 0 Å². The van der Waals surface area contributed by atoms with Gasteiger partial charge in [0.1, 0.15) is 11.6 Å². The first-order valence-electron chi connectivity index (χ1n) is 7.66. The van der Waals surface area contributed by atoms with E-state index in [9.17, 15) is 9.59 Å². The van der Waals surface area contributed by atoms with Crippen molar-refractivity contribution >= 4 is 11.8 Å². The van der Waals surface area contributed by atoms with Crippen LogP contribution in [0.2, 0.25) is 0 Å². The normalized spacial score (nSPS) is 28.0. The summed E-state index contributed by atoms with van der Waals surface area (Å²) in [6.07, 6.45) is 1.54. The minimum absolute atomic E-state index is 0.0230. The fourth-order valence-electron chi connectivity index (χ4n) is 2.70. The molecule has 1 N–H and O–H groups in total. The molecule has 0 aromatic carbocycles. The maximum atomic E-state index is 12.8. The van der Waals surface area contributed by atoms with Gasteiger partial charge in [-0.15, -0.1) is 0 Å². The number of nitrogens with one attached hydrogen (secondary N) is 1. The molecule has 0 radical (unpaired) electrons. The monoisotopic (exact) mass is 282 g/mol. The predicted octanol–water partition coefficient (Wildman–Crippen LogP) is 2.57. The number of rotatable bonds is 4. The summed E-state index contributed by atoms with van der Waals surface area (Å²) < 4.78 is 0. The van der Waals surface area contributed by atoms with E-state index in [2.05, 4.69) is 19.2 Å². The standard InChI is InChI=1S/C16H30N2O2/c1-8-16(7)14(20)18(10-9-11(2)3)12(13(19)17-16)15(4,5)6/h11-12H,8-10H2,1-7H3,(H,17,19). The van der Waals surface area contributed by atoms with Gasteiger partial charge in [-0.2, -0.15) is 0 Å². The molecule has 116 valence electrons. The highest BCUT2D eigenvalue weighted by Crippen LogP contribution is 2.32. The quantitative estimate of drug-likeness (QED) is 0.861. The third-order valence-electron chi connectivity index (χ3n) is 4.17. The number of carbonyl (C=O) groups excluding carboxylic acids is 2. The summed E-state index contributed by atoms with van der Waals surface area (Å²) in [5, 5.41) is 2.94. The van der Waals surface area contributed by atoms with E-state index < -0.39 is 5.54 Å². The first-order chi connectivity index (χ1) is 9.03. The van der Waals surface area contributed by atoms with Gasteiger partial charge in [-0.1, -0.05) is 41.5 Å². The van der Waals surface area contributed by atoms with E-state index in [0.717, 1.165) is 6.42 Å². The van der Waals surface area contributed by atoms with Crippen molar-refractivity contribution < 1.29 is 9.59 Å². The van der Waals surface area contributed by atoms with Crippen LogP contribution in [0.4, 0.5) is 0 Å². The molecule has 2 atom stereocenters. The van der Waals surface area contributed by atoms with Crippen molar-refractivity contribution in [1.29, 1.82) is 0 Å². The summed E-state index contributed by atoms with van der Waals surface area (Å²) in [6.45, 7) is 14.7. The van der Waals surface area contributed by atoms with E-state index in [0.29, 0.717) is 18.9 Å². The molecule has 0 bridgehead atoms. The first-order valence-corrected chi connectivity index (χ1v) is 7.66. The Morgan fingerprint density at radius 2 is 1.85 bits per heavy atom. The Morgan fingerprint density at radius 3 is 2.25 bits per heavy atom. The van der Waals surface area contributed by atoms with Crippen LogP contribution in [0.25, 0.3) is 0 Å². The summed E-state index contributed by atoms with van der Waals surface area (Å²) in [7, 11) is 0. The van der Waals surface area contributed by atoms with E-state index >= 15 is 0 Å². The van der Waals surface area contributed by atoms with Crippen LogP contribution in [0.15, 0.2) is 0 Å². The smallest absolute Gasteiger partial charge is 0.248 e. The number of piperazine rings is 1. The van der Waals surface area contributed by atoms with Crippen LogP contribution in [-0.4, -0.2) is 34.8 Å². The fraction of sp³-hybridized carbons (Fsp3) is 0.875. The highest BCUT2D eigenvalue weighted by molar-refractivity contribution is 5.99. The lowest BCUT2D eigenvalue weighted by Gasteiger charge is -2.48. The lowest BCUT2D eigenvalue weighted by Crippen LogP contribution is -2.71. The molecule has 1 aliphatic heterocycles. The Bertz CT molecular complexity index is 384. The molecule has 2 amide bonds. The van der Waals surface area contributed by atoms with Crippen molar-refractivity contribution in [2.75, 3.05) is 6.54 Å². The van der Waals surface area contributed by atoms with Crippen LogP contribution in [0.1, 0.15) is 61.3 Å². The molecule has 1 fully saturated rings. The Morgan fingerprint density at radius 1 is 1.30 bits per heavy atom. The van der Waals surface area contributed by atoms with E-state index in [4.69, 9.17) is 0 Å². The van der Waals surface area contributed by atoms with Crippen LogP contribution >= 0.6 is 0 Å². The van der Waals surface area contributed by atoms with Gasteiger partial charge in [0.05, 0.1) is 0 Å². The van der Waals surface area contributed by atoms with Gasteiger partial charge in [0, 0.05) is 6.54 Å². The largest absolute Gasteiger partial charge is 0.340 e. The van der Waals surface area contributed by atoms with Gasteiger partial charge in [-0.25, -0.2) is 0 Å². The molecule has 1 saturated heterocycles. The molecule has 0 saturated carbocycles. The van der Waals surface area contributed by atoms with Crippen molar-refractivity contribution in [3.63, 3.8) is 0 Å². The van der Waals surface area contributed by atoms with Crippen LogP contribution in [0, 0.1) is 11.3 Å². The Kier molecular flexibility index (Phi) is 4.88. The molecular weight excluding hydrogens is 252 g/mol. The minimum Gasteiger partial charge on any atom is -0.340 e. The Balaban J connectivity index is 3.10.